The lowest BCUT2D eigenvalue weighted by molar-refractivity contribution is -0.119. The van der Waals surface area contributed by atoms with Gasteiger partial charge in [-0.2, -0.15) is 0 Å². The van der Waals surface area contributed by atoms with Crippen LogP contribution < -0.4 is 21.6 Å². The van der Waals surface area contributed by atoms with Crippen molar-refractivity contribution in [3.63, 3.8) is 0 Å². The number of urea groups is 1. The molecule has 0 bridgehead atoms. The number of nitrogens with one attached hydrogen (secondary N) is 1. The molecule has 24 heavy (non-hydrogen) atoms. The molecule has 9 nitrogen and oxygen atoms in total. The number of aromatic nitrogens is 3. The summed E-state index contributed by atoms with van der Waals surface area (Å²) in [7, 11) is 0. The highest BCUT2D eigenvalue weighted by molar-refractivity contribution is 8.00. The Balaban J connectivity index is 1.96. The lowest BCUT2D eigenvalue weighted by atomic mass is 10.3. The van der Waals surface area contributed by atoms with Gasteiger partial charge in [-0.25, -0.2) is 13.9 Å². The van der Waals surface area contributed by atoms with Crippen molar-refractivity contribution in [3.05, 3.63) is 35.9 Å². The number of carbonyl (C=O) groups is 2. The van der Waals surface area contributed by atoms with Crippen molar-refractivity contribution in [1.82, 2.24) is 20.2 Å². The molecule has 0 aliphatic carbocycles. The molecule has 1 atom stereocenters. The van der Waals surface area contributed by atoms with E-state index in [4.69, 9.17) is 16.3 Å². The molecule has 0 aliphatic rings. The molecule has 11 heteroatoms. The van der Waals surface area contributed by atoms with E-state index in [0.29, 0.717) is 11.6 Å². The molecule has 2 aromatic rings. The molecule has 128 valence electrons. The third-order valence-corrected chi connectivity index (χ3v) is 3.87. The number of hydrogen-bond acceptors (Lipinski definition) is 7. The molecule has 3 amide bonds. The Morgan fingerprint density at radius 3 is 2.67 bits per heavy atom. The summed E-state index contributed by atoms with van der Waals surface area (Å²) in [6.45, 7) is 1.57. The summed E-state index contributed by atoms with van der Waals surface area (Å²) in [6.07, 6.45) is 0. The molecule has 2 rings (SSSR count). The third-order valence-electron chi connectivity index (χ3n) is 2.81. The average molecular weight is 354 g/mol. The second-order valence-corrected chi connectivity index (χ2v) is 5.93. The van der Waals surface area contributed by atoms with Crippen LogP contribution in [-0.2, 0) is 11.4 Å². The monoisotopic (exact) mass is 354 g/mol. The number of amides is 3. The van der Waals surface area contributed by atoms with E-state index in [1.165, 1.54) is 28.9 Å². The van der Waals surface area contributed by atoms with E-state index in [-0.39, 0.29) is 17.6 Å². The molecule has 5 N–H and O–H groups in total. The number of primary amides is 1. The predicted octanol–water partition coefficient (Wildman–Crippen LogP) is 0.386. The fraction of sp³-hybridized carbons (Fsp3) is 0.231. The van der Waals surface area contributed by atoms with Crippen LogP contribution in [0.25, 0.3) is 0 Å². The van der Waals surface area contributed by atoms with Crippen molar-refractivity contribution in [2.24, 2.45) is 5.73 Å². The van der Waals surface area contributed by atoms with E-state index in [9.17, 15) is 14.0 Å². The Hall–Kier alpha value is -2.82. The van der Waals surface area contributed by atoms with Gasteiger partial charge in [0.05, 0.1) is 5.25 Å². The number of carbonyl (C=O) groups excluding carboxylic acids is 2. The van der Waals surface area contributed by atoms with Gasteiger partial charge in [0.25, 0.3) is 0 Å². The van der Waals surface area contributed by atoms with Gasteiger partial charge in [0.2, 0.25) is 11.1 Å². The summed E-state index contributed by atoms with van der Waals surface area (Å²) < 4.78 is 19.4. The van der Waals surface area contributed by atoms with Crippen LogP contribution in [0.2, 0.25) is 0 Å². The van der Waals surface area contributed by atoms with Crippen LogP contribution in [0.4, 0.5) is 9.18 Å². The van der Waals surface area contributed by atoms with Gasteiger partial charge in [0, 0.05) is 0 Å². The van der Waals surface area contributed by atoms with Crippen LogP contribution in [0.1, 0.15) is 12.7 Å². The van der Waals surface area contributed by atoms with Gasteiger partial charge in [0.1, 0.15) is 18.2 Å². The SMILES string of the molecule is CC(Sc1nnc(COc2ccc(F)cc2)n1N)C(=O)NC(N)=O. The smallest absolute Gasteiger partial charge is 0.318 e. The van der Waals surface area contributed by atoms with Gasteiger partial charge < -0.3 is 16.3 Å². The summed E-state index contributed by atoms with van der Waals surface area (Å²) in [5.41, 5.74) is 4.88. The predicted molar refractivity (Wildman–Crippen MR) is 83.9 cm³/mol. The summed E-state index contributed by atoms with van der Waals surface area (Å²) >= 11 is 1.00. The maximum atomic E-state index is 12.8. The topological polar surface area (TPSA) is 138 Å². The van der Waals surface area contributed by atoms with Crippen LogP contribution in [0.5, 0.6) is 5.75 Å². The number of ether oxygens (including phenoxy) is 1. The van der Waals surface area contributed by atoms with Crippen molar-refractivity contribution in [3.8, 4) is 5.75 Å². The van der Waals surface area contributed by atoms with Crippen molar-refractivity contribution < 1.29 is 18.7 Å². The number of imide groups is 1. The van der Waals surface area contributed by atoms with E-state index in [0.717, 1.165) is 11.8 Å². The molecule has 1 aromatic carbocycles. The Labute approximate surface area is 140 Å². The van der Waals surface area contributed by atoms with E-state index >= 15 is 0 Å². The number of thioether (sulfide) groups is 1. The lowest BCUT2D eigenvalue weighted by Gasteiger charge is -2.09. The quantitative estimate of drug-likeness (QED) is 0.504. The first-order valence-electron chi connectivity index (χ1n) is 6.71. The normalized spacial score (nSPS) is 11.8. The average Bonchev–Trinajstić information content (AvgIpc) is 2.86. The standard InChI is InChI=1S/C13H15FN6O3S/c1-7(11(21)17-12(15)22)24-13-19-18-10(20(13)16)6-23-9-4-2-8(14)3-5-9/h2-5,7H,6,16H2,1H3,(H3,15,17,21,22). The van der Waals surface area contributed by atoms with Crippen LogP contribution in [0, 0.1) is 5.82 Å². The molecule has 1 unspecified atom stereocenters. The zero-order valence-corrected chi connectivity index (χ0v) is 13.4. The number of halogens is 1. The highest BCUT2D eigenvalue weighted by Gasteiger charge is 2.20. The van der Waals surface area contributed by atoms with Gasteiger partial charge in [0.15, 0.2) is 5.82 Å². The molecule has 0 fully saturated rings. The first-order valence-corrected chi connectivity index (χ1v) is 7.59. The highest BCUT2D eigenvalue weighted by atomic mass is 32.2. The Morgan fingerprint density at radius 2 is 2.04 bits per heavy atom. The second kappa shape index (κ2) is 7.64. The zero-order chi connectivity index (χ0) is 17.7. The van der Waals surface area contributed by atoms with Crippen LogP contribution in [0.3, 0.4) is 0 Å². The molecule has 1 heterocycles. The summed E-state index contributed by atoms with van der Waals surface area (Å²) in [5.74, 6) is 5.67. The number of rotatable bonds is 6. The molecule has 0 saturated carbocycles. The molecular formula is C13H15FN6O3S. The molecule has 0 spiro atoms. The van der Waals surface area contributed by atoms with Crippen LogP contribution in [-0.4, -0.2) is 32.1 Å². The van der Waals surface area contributed by atoms with Gasteiger partial charge in [-0.05, 0) is 31.2 Å². The van der Waals surface area contributed by atoms with Crippen molar-refractivity contribution in [2.45, 2.75) is 23.9 Å². The lowest BCUT2D eigenvalue weighted by Crippen LogP contribution is -2.39. The van der Waals surface area contributed by atoms with Crippen molar-refractivity contribution >= 4 is 23.7 Å². The maximum Gasteiger partial charge on any atom is 0.318 e. The molecule has 0 saturated heterocycles. The van der Waals surface area contributed by atoms with Crippen LogP contribution >= 0.6 is 11.8 Å². The number of nitrogens with two attached hydrogens (primary N) is 2. The van der Waals surface area contributed by atoms with E-state index in [1.807, 2.05) is 5.32 Å². The zero-order valence-electron chi connectivity index (χ0n) is 12.6. The number of hydrogen-bond donors (Lipinski definition) is 3. The summed E-state index contributed by atoms with van der Waals surface area (Å²) in [4.78, 5) is 22.3. The number of benzene rings is 1. The molecular weight excluding hydrogens is 339 g/mol. The van der Waals surface area contributed by atoms with E-state index in [2.05, 4.69) is 10.2 Å². The Morgan fingerprint density at radius 1 is 1.38 bits per heavy atom. The van der Waals surface area contributed by atoms with Gasteiger partial charge in [-0.1, -0.05) is 11.8 Å². The largest absolute Gasteiger partial charge is 0.486 e. The summed E-state index contributed by atoms with van der Waals surface area (Å²) in [6, 6.07) is 4.54. The first kappa shape index (κ1) is 17.5. The summed E-state index contributed by atoms with van der Waals surface area (Å²) in [5, 5.41) is 9.30. The van der Waals surface area contributed by atoms with E-state index in [1.54, 1.807) is 6.92 Å². The molecule has 0 aliphatic heterocycles. The fourth-order valence-electron chi connectivity index (χ4n) is 1.60. The maximum absolute atomic E-state index is 12.8. The van der Waals surface area contributed by atoms with Gasteiger partial charge >= 0.3 is 6.03 Å². The Kier molecular flexibility index (Phi) is 5.58. The number of nitrogens with zero attached hydrogens (tertiary/aromatic N) is 3. The van der Waals surface area contributed by atoms with Crippen LogP contribution in [0.15, 0.2) is 29.4 Å². The van der Waals surface area contributed by atoms with Gasteiger partial charge in [-0.3, -0.25) is 10.1 Å². The van der Waals surface area contributed by atoms with E-state index < -0.39 is 17.2 Å². The third kappa shape index (κ3) is 4.59. The molecule has 1 aromatic heterocycles. The number of nitrogen functional groups attached to an aromatic ring is 1. The second-order valence-electron chi connectivity index (χ2n) is 4.62. The first-order chi connectivity index (χ1) is 11.4. The minimum Gasteiger partial charge on any atom is -0.486 e. The fourth-order valence-corrected chi connectivity index (χ4v) is 2.39. The minimum absolute atomic E-state index is 0.0115. The van der Waals surface area contributed by atoms with Gasteiger partial charge in [-0.15, -0.1) is 10.2 Å². The highest BCUT2D eigenvalue weighted by Crippen LogP contribution is 2.21. The Bertz CT molecular complexity index is 736. The minimum atomic E-state index is -0.935. The van der Waals surface area contributed by atoms with Crippen molar-refractivity contribution in [2.75, 3.05) is 5.84 Å². The van der Waals surface area contributed by atoms with Crippen molar-refractivity contribution in [1.29, 1.82) is 0 Å². The molecule has 0 radical (unpaired) electrons.